The van der Waals surface area contributed by atoms with Gasteiger partial charge in [0.25, 0.3) is 5.91 Å². The minimum absolute atomic E-state index is 0.0659. The summed E-state index contributed by atoms with van der Waals surface area (Å²) in [5.41, 5.74) is 0. The van der Waals surface area contributed by atoms with Gasteiger partial charge in [-0.15, -0.1) is 0 Å². The van der Waals surface area contributed by atoms with Crippen LogP contribution in [0.25, 0.3) is 10.8 Å². The molecule has 0 radical (unpaired) electrons. The lowest BCUT2D eigenvalue weighted by Gasteiger charge is -2.15. The molecule has 2 aromatic rings. The smallest absolute Gasteiger partial charge is 0.260 e. The van der Waals surface area contributed by atoms with Crippen LogP contribution in [0.4, 0.5) is 0 Å². The summed E-state index contributed by atoms with van der Waals surface area (Å²) in [7, 11) is 0. The van der Waals surface area contributed by atoms with Gasteiger partial charge < -0.3 is 10.1 Å². The molecular weight excluding hydrogens is 262 g/mol. The fourth-order valence-corrected chi connectivity index (χ4v) is 2.13. The second-order valence-electron chi connectivity index (χ2n) is 5.74. The van der Waals surface area contributed by atoms with Crippen molar-refractivity contribution in [2.45, 2.75) is 33.3 Å². The first kappa shape index (κ1) is 15.4. The van der Waals surface area contributed by atoms with Crippen LogP contribution in [-0.2, 0) is 4.79 Å². The van der Waals surface area contributed by atoms with Crippen LogP contribution in [0.2, 0.25) is 0 Å². The summed E-state index contributed by atoms with van der Waals surface area (Å²) in [5.74, 6) is 1.24. The van der Waals surface area contributed by atoms with Gasteiger partial charge in [0.2, 0.25) is 0 Å². The molecule has 0 spiro atoms. The van der Waals surface area contributed by atoms with Crippen LogP contribution in [0.15, 0.2) is 42.5 Å². The first-order chi connectivity index (χ1) is 10.1. The molecule has 0 aliphatic heterocycles. The van der Waals surface area contributed by atoms with E-state index in [9.17, 15) is 4.79 Å². The van der Waals surface area contributed by atoms with Gasteiger partial charge in [0.15, 0.2) is 6.10 Å². The van der Waals surface area contributed by atoms with Crippen LogP contribution < -0.4 is 10.1 Å². The molecule has 0 unspecified atom stereocenters. The summed E-state index contributed by atoms with van der Waals surface area (Å²) in [6.45, 7) is 6.75. The number of amides is 1. The number of hydrogen-bond donors (Lipinski definition) is 1. The van der Waals surface area contributed by atoms with Crippen molar-refractivity contribution in [2.75, 3.05) is 6.54 Å². The summed E-state index contributed by atoms with van der Waals surface area (Å²) in [5, 5.41) is 5.19. The highest BCUT2D eigenvalue weighted by molar-refractivity contribution is 5.84. The van der Waals surface area contributed by atoms with Crippen molar-refractivity contribution >= 4 is 16.7 Å². The first-order valence-corrected chi connectivity index (χ1v) is 7.49. The Balaban J connectivity index is 1.94. The quantitative estimate of drug-likeness (QED) is 0.877. The molecule has 1 amide bonds. The maximum Gasteiger partial charge on any atom is 0.260 e. The fourth-order valence-electron chi connectivity index (χ4n) is 2.13. The van der Waals surface area contributed by atoms with Gasteiger partial charge in [-0.3, -0.25) is 4.79 Å². The van der Waals surface area contributed by atoms with Gasteiger partial charge in [-0.2, -0.15) is 0 Å². The van der Waals surface area contributed by atoms with E-state index in [1.807, 2.05) is 36.4 Å². The van der Waals surface area contributed by atoms with Crippen LogP contribution in [0.1, 0.15) is 27.2 Å². The zero-order valence-electron chi connectivity index (χ0n) is 12.9. The zero-order valence-corrected chi connectivity index (χ0v) is 12.9. The van der Waals surface area contributed by atoms with E-state index in [1.165, 1.54) is 5.39 Å². The van der Waals surface area contributed by atoms with Crippen LogP contribution in [0.3, 0.4) is 0 Å². The Kier molecular flexibility index (Phi) is 5.20. The predicted molar refractivity (Wildman–Crippen MR) is 86.5 cm³/mol. The molecule has 3 nitrogen and oxygen atoms in total. The molecule has 0 aliphatic rings. The summed E-state index contributed by atoms with van der Waals surface area (Å²) in [4.78, 5) is 12.0. The maximum atomic E-state index is 12.0. The molecule has 21 heavy (non-hydrogen) atoms. The molecule has 2 aromatic carbocycles. The number of ether oxygens (including phenoxy) is 1. The lowest BCUT2D eigenvalue weighted by atomic mass is 10.1. The molecule has 112 valence electrons. The Labute approximate surface area is 126 Å². The molecule has 0 aliphatic carbocycles. The number of nitrogens with one attached hydrogen (secondary N) is 1. The highest BCUT2D eigenvalue weighted by atomic mass is 16.5. The standard InChI is InChI=1S/C18H23NO2/c1-13(2)10-11-19-18(20)14(3)21-17-9-8-15-6-4-5-7-16(15)12-17/h4-9,12-14H,10-11H2,1-3H3,(H,19,20)/t14-/m0/s1. The summed E-state index contributed by atoms with van der Waals surface area (Å²) in [6.07, 6.45) is 0.493. The molecule has 0 aromatic heterocycles. The molecule has 0 fully saturated rings. The molecule has 0 heterocycles. The highest BCUT2D eigenvalue weighted by Gasteiger charge is 2.14. The average molecular weight is 285 g/mol. The molecule has 2 rings (SSSR count). The Morgan fingerprint density at radius 2 is 1.81 bits per heavy atom. The third-order valence-electron chi connectivity index (χ3n) is 3.42. The number of carbonyl (C=O) groups excluding carboxylic acids is 1. The van der Waals surface area contributed by atoms with E-state index in [0.29, 0.717) is 12.5 Å². The van der Waals surface area contributed by atoms with Crippen molar-refractivity contribution in [1.82, 2.24) is 5.32 Å². The third-order valence-corrected chi connectivity index (χ3v) is 3.42. The minimum atomic E-state index is -0.488. The van der Waals surface area contributed by atoms with Crippen LogP contribution in [-0.4, -0.2) is 18.6 Å². The van der Waals surface area contributed by atoms with Gasteiger partial charge in [0.1, 0.15) is 5.75 Å². The molecule has 3 heteroatoms. The summed E-state index contributed by atoms with van der Waals surface area (Å²) >= 11 is 0. The fraction of sp³-hybridized carbons (Fsp3) is 0.389. The topological polar surface area (TPSA) is 38.3 Å². The van der Waals surface area contributed by atoms with Crippen LogP contribution in [0.5, 0.6) is 5.75 Å². The average Bonchev–Trinajstić information content (AvgIpc) is 2.46. The Morgan fingerprint density at radius 3 is 2.52 bits per heavy atom. The van der Waals surface area contributed by atoms with E-state index < -0.39 is 6.10 Å². The van der Waals surface area contributed by atoms with Gasteiger partial charge in [-0.1, -0.05) is 44.2 Å². The Bertz CT molecular complexity index is 607. The van der Waals surface area contributed by atoms with Crippen molar-refractivity contribution in [2.24, 2.45) is 5.92 Å². The van der Waals surface area contributed by atoms with E-state index in [4.69, 9.17) is 4.74 Å². The normalized spacial score (nSPS) is 12.4. The SMILES string of the molecule is CC(C)CCNC(=O)[C@H](C)Oc1ccc2ccccc2c1. The van der Waals surface area contributed by atoms with E-state index in [0.717, 1.165) is 17.6 Å². The minimum Gasteiger partial charge on any atom is -0.481 e. The maximum absolute atomic E-state index is 12.0. The van der Waals surface area contributed by atoms with Crippen molar-refractivity contribution < 1.29 is 9.53 Å². The number of benzene rings is 2. The van der Waals surface area contributed by atoms with E-state index in [2.05, 4.69) is 25.2 Å². The van der Waals surface area contributed by atoms with Crippen molar-refractivity contribution in [3.8, 4) is 5.75 Å². The third kappa shape index (κ3) is 4.48. The number of carbonyl (C=O) groups is 1. The van der Waals surface area contributed by atoms with E-state index in [1.54, 1.807) is 6.92 Å². The van der Waals surface area contributed by atoms with Gasteiger partial charge in [0.05, 0.1) is 0 Å². The van der Waals surface area contributed by atoms with Crippen molar-refractivity contribution in [3.05, 3.63) is 42.5 Å². The van der Waals surface area contributed by atoms with Crippen LogP contribution in [0, 0.1) is 5.92 Å². The number of fused-ring (bicyclic) bond motifs is 1. The monoisotopic (exact) mass is 285 g/mol. The molecule has 0 bridgehead atoms. The molecule has 0 saturated heterocycles. The van der Waals surface area contributed by atoms with Crippen molar-refractivity contribution in [1.29, 1.82) is 0 Å². The first-order valence-electron chi connectivity index (χ1n) is 7.49. The van der Waals surface area contributed by atoms with E-state index in [-0.39, 0.29) is 5.91 Å². The molecular formula is C18H23NO2. The summed E-state index contributed by atoms with van der Waals surface area (Å²) in [6, 6.07) is 14.0. The van der Waals surface area contributed by atoms with Gasteiger partial charge in [-0.25, -0.2) is 0 Å². The number of rotatable bonds is 6. The van der Waals surface area contributed by atoms with Gasteiger partial charge >= 0.3 is 0 Å². The zero-order chi connectivity index (χ0) is 15.2. The molecule has 1 N–H and O–H groups in total. The Morgan fingerprint density at radius 1 is 1.10 bits per heavy atom. The highest BCUT2D eigenvalue weighted by Crippen LogP contribution is 2.21. The predicted octanol–water partition coefficient (Wildman–Crippen LogP) is 3.77. The van der Waals surface area contributed by atoms with E-state index >= 15 is 0 Å². The molecule has 1 atom stereocenters. The van der Waals surface area contributed by atoms with Crippen molar-refractivity contribution in [3.63, 3.8) is 0 Å². The number of hydrogen-bond acceptors (Lipinski definition) is 2. The van der Waals surface area contributed by atoms with Crippen LogP contribution >= 0.6 is 0 Å². The lowest BCUT2D eigenvalue weighted by molar-refractivity contribution is -0.127. The second kappa shape index (κ2) is 7.11. The summed E-state index contributed by atoms with van der Waals surface area (Å²) < 4.78 is 5.73. The largest absolute Gasteiger partial charge is 0.481 e. The molecule has 0 saturated carbocycles. The second-order valence-corrected chi connectivity index (χ2v) is 5.74. The Hall–Kier alpha value is -2.03. The van der Waals surface area contributed by atoms with Gasteiger partial charge in [-0.05, 0) is 42.2 Å². The lowest BCUT2D eigenvalue weighted by Crippen LogP contribution is -2.37. The van der Waals surface area contributed by atoms with Gasteiger partial charge in [0, 0.05) is 6.54 Å².